The van der Waals surface area contributed by atoms with Crippen LogP contribution in [0.1, 0.15) is 45.1 Å². The normalized spacial score (nSPS) is 16.6. The third-order valence-corrected chi connectivity index (χ3v) is 8.75. The number of nitrogens with one attached hydrogen (secondary N) is 3. The number of phenols is 1. The summed E-state index contributed by atoms with van der Waals surface area (Å²) in [6.45, 7) is 3.90. The summed E-state index contributed by atoms with van der Waals surface area (Å²) in [7, 11) is 3.14. The molecule has 1 saturated heterocycles. The summed E-state index contributed by atoms with van der Waals surface area (Å²) in [6, 6.07) is 9.21. The fourth-order valence-corrected chi connectivity index (χ4v) is 6.23. The van der Waals surface area contributed by atoms with Gasteiger partial charge in [0.2, 0.25) is 11.8 Å². The van der Waals surface area contributed by atoms with Crippen molar-refractivity contribution in [3.63, 3.8) is 0 Å². The Morgan fingerprint density at radius 1 is 1.15 bits per heavy atom. The smallest absolute Gasteiger partial charge is 0.322 e. The van der Waals surface area contributed by atoms with Gasteiger partial charge in [-0.2, -0.15) is 0 Å². The molecule has 1 aliphatic heterocycles. The van der Waals surface area contributed by atoms with Crippen LogP contribution >= 0.6 is 21.6 Å². The van der Waals surface area contributed by atoms with Gasteiger partial charge in [0.25, 0.3) is 5.91 Å². The van der Waals surface area contributed by atoms with Crippen molar-refractivity contribution >= 4 is 45.3 Å². The molecule has 1 aliphatic rings. The summed E-state index contributed by atoms with van der Waals surface area (Å²) < 4.78 is 0. The van der Waals surface area contributed by atoms with Gasteiger partial charge in [-0.3, -0.25) is 24.2 Å². The number of hydrazine groups is 1. The van der Waals surface area contributed by atoms with E-state index in [4.69, 9.17) is 0 Å². The number of carboxylic acids is 1. The van der Waals surface area contributed by atoms with Crippen LogP contribution in [0.4, 0.5) is 0 Å². The Morgan fingerprint density at radius 3 is 2.63 bits per heavy atom. The van der Waals surface area contributed by atoms with E-state index in [0.29, 0.717) is 24.8 Å². The van der Waals surface area contributed by atoms with Crippen LogP contribution in [-0.2, 0) is 25.6 Å². The Hall–Kier alpha value is -3.29. The minimum Gasteiger partial charge on any atom is -0.508 e. The molecule has 0 radical (unpaired) electrons. The third kappa shape index (κ3) is 10.6. The van der Waals surface area contributed by atoms with Crippen molar-refractivity contribution in [2.45, 2.75) is 69.1 Å². The number of aliphatic carboxylic acids is 1. The van der Waals surface area contributed by atoms with Crippen molar-refractivity contribution in [3.05, 3.63) is 54.2 Å². The highest BCUT2D eigenvalue weighted by molar-refractivity contribution is 8.76. The molecule has 5 N–H and O–H groups in total. The Kier molecular flexibility index (Phi) is 12.8. The molecule has 0 bridgehead atoms. The number of carboxylic acid groups (broad SMARTS) is 1. The highest BCUT2D eigenvalue weighted by Gasteiger charge is 2.34. The first-order chi connectivity index (χ1) is 19.6. The molecule has 3 atom stereocenters. The topological polar surface area (TPSA) is 161 Å². The van der Waals surface area contributed by atoms with Gasteiger partial charge in [-0.1, -0.05) is 42.8 Å². The van der Waals surface area contributed by atoms with Gasteiger partial charge in [0.15, 0.2) is 0 Å². The van der Waals surface area contributed by atoms with E-state index >= 15 is 0 Å². The quantitative estimate of drug-likeness (QED) is 0.160. The highest BCUT2D eigenvalue weighted by Crippen LogP contribution is 2.29. The number of hydrogen-bond acceptors (Lipinski definition) is 9. The van der Waals surface area contributed by atoms with Gasteiger partial charge in [0.05, 0.1) is 0 Å². The van der Waals surface area contributed by atoms with Crippen LogP contribution in [-0.4, -0.2) is 74.3 Å². The first-order valence-electron chi connectivity index (χ1n) is 13.5. The minimum absolute atomic E-state index is 0.0194. The molecule has 0 aliphatic carbocycles. The molecule has 2 heterocycles. The van der Waals surface area contributed by atoms with Gasteiger partial charge in [0, 0.05) is 31.3 Å². The molecule has 3 rings (SSSR count). The maximum absolute atomic E-state index is 13.5. The first kappa shape index (κ1) is 32.2. The van der Waals surface area contributed by atoms with Gasteiger partial charge >= 0.3 is 5.97 Å². The Labute approximate surface area is 247 Å². The summed E-state index contributed by atoms with van der Waals surface area (Å²) in [5.41, 5.74) is 3.35. The van der Waals surface area contributed by atoms with E-state index in [1.165, 1.54) is 17.1 Å². The Morgan fingerprint density at radius 2 is 1.95 bits per heavy atom. The molecule has 0 spiro atoms. The number of carbonyl (C=O) groups excluding carboxylic acids is 3. The lowest BCUT2D eigenvalue weighted by Crippen LogP contribution is -2.61. The number of benzene rings is 1. The van der Waals surface area contributed by atoms with Crippen molar-refractivity contribution in [1.29, 1.82) is 0 Å². The van der Waals surface area contributed by atoms with E-state index < -0.39 is 35.9 Å². The second kappa shape index (κ2) is 16.2. The number of carbonyl (C=O) groups is 4. The van der Waals surface area contributed by atoms with Gasteiger partial charge in [-0.15, -0.1) is 0 Å². The zero-order valence-electron chi connectivity index (χ0n) is 23.1. The molecule has 1 aromatic carbocycles. The standard InChI is InChI=1S/C28H37N5O6S2/c1-18(2)25(31-23(35)11-7-15-40-41-24-12-3-4-13-29-24)26(36)30-22(17-19-8-5-9-20(34)16-19)27(37)33-14-6-10-21(32-33)28(38)39/h3-5,8-9,12-13,16,18,21-22,25,32,34H,6-7,10-11,14-15,17H2,1-2H3,(H,30,36)(H,31,35)(H,38,39)/t21-,22-,25-/m0/s1. The number of phenolic OH excluding ortho intramolecular Hbond substituents is 1. The van der Waals surface area contributed by atoms with Gasteiger partial charge in [0.1, 0.15) is 28.9 Å². The van der Waals surface area contributed by atoms with Crippen LogP contribution in [0.3, 0.4) is 0 Å². The second-order valence-electron chi connectivity index (χ2n) is 10.1. The predicted octanol–water partition coefficient (Wildman–Crippen LogP) is 2.76. The van der Waals surface area contributed by atoms with Gasteiger partial charge in [-0.25, -0.2) is 10.4 Å². The molecule has 0 unspecified atom stereocenters. The lowest BCUT2D eigenvalue weighted by atomic mass is 10.00. The monoisotopic (exact) mass is 603 g/mol. The van der Waals surface area contributed by atoms with Crippen molar-refractivity contribution in [3.8, 4) is 5.75 Å². The van der Waals surface area contributed by atoms with E-state index in [1.807, 2.05) is 18.2 Å². The van der Waals surface area contributed by atoms with Crippen LogP contribution in [0.5, 0.6) is 5.75 Å². The Bertz CT molecular complexity index is 1190. The molecule has 13 heteroatoms. The average molecular weight is 604 g/mol. The van der Waals surface area contributed by atoms with Crippen molar-refractivity contribution in [2.24, 2.45) is 5.92 Å². The molecule has 2 aromatic rings. The average Bonchev–Trinajstić information content (AvgIpc) is 2.95. The number of aromatic hydroxyl groups is 1. The van der Waals surface area contributed by atoms with Crippen LogP contribution in [0.2, 0.25) is 0 Å². The number of hydrogen-bond donors (Lipinski definition) is 5. The van der Waals surface area contributed by atoms with Gasteiger partial charge < -0.3 is 20.8 Å². The largest absolute Gasteiger partial charge is 0.508 e. The first-order valence-corrected chi connectivity index (χ1v) is 15.8. The molecule has 0 saturated carbocycles. The molecule has 222 valence electrons. The van der Waals surface area contributed by atoms with Crippen molar-refractivity contribution in [2.75, 3.05) is 12.3 Å². The summed E-state index contributed by atoms with van der Waals surface area (Å²) in [5, 5.41) is 27.0. The lowest BCUT2D eigenvalue weighted by molar-refractivity contribution is -0.148. The summed E-state index contributed by atoms with van der Waals surface area (Å²) in [5.74, 6) is -1.84. The zero-order chi connectivity index (χ0) is 29.8. The van der Waals surface area contributed by atoms with E-state index in [9.17, 15) is 29.4 Å². The van der Waals surface area contributed by atoms with Crippen LogP contribution in [0.25, 0.3) is 0 Å². The predicted molar refractivity (Wildman–Crippen MR) is 158 cm³/mol. The molecule has 3 amide bonds. The van der Waals surface area contributed by atoms with E-state index in [1.54, 1.807) is 53.8 Å². The van der Waals surface area contributed by atoms with E-state index in [0.717, 1.165) is 10.8 Å². The van der Waals surface area contributed by atoms with Gasteiger partial charge in [-0.05, 0) is 65.8 Å². The maximum atomic E-state index is 13.5. The number of pyridine rings is 1. The number of aromatic nitrogens is 1. The summed E-state index contributed by atoms with van der Waals surface area (Å²) in [6.07, 6.45) is 3.53. The van der Waals surface area contributed by atoms with Crippen LogP contribution in [0.15, 0.2) is 53.7 Å². The fraction of sp³-hybridized carbons (Fsp3) is 0.464. The third-order valence-electron chi connectivity index (χ3n) is 6.39. The Balaban J connectivity index is 1.61. The molecule has 41 heavy (non-hydrogen) atoms. The molecule has 1 aromatic heterocycles. The van der Waals surface area contributed by atoms with Crippen LogP contribution < -0.4 is 16.1 Å². The van der Waals surface area contributed by atoms with Crippen molar-refractivity contribution < 1.29 is 29.4 Å². The van der Waals surface area contributed by atoms with E-state index in [-0.39, 0.29) is 37.0 Å². The highest BCUT2D eigenvalue weighted by atomic mass is 33.1. The lowest BCUT2D eigenvalue weighted by Gasteiger charge is -2.35. The second-order valence-corrected chi connectivity index (χ2v) is 12.5. The van der Waals surface area contributed by atoms with Crippen molar-refractivity contribution in [1.82, 2.24) is 26.1 Å². The number of rotatable bonds is 14. The zero-order valence-corrected chi connectivity index (χ0v) is 24.7. The minimum atomic E-state index is -1.06. The van der Waals surface area contributed by atoms with Crippen LogP contribution in [0, 0.1) is 5.92 Å². The maximum Gasteiger partial charge on any atom is 0.322 e. The van der Waals surface area contributed by atoms with E-state index in [2.05, 4.69) is 21.0 Å². The number of nitrogens with zero attached hydrogens (tertiary/aromatic N) is 2. The number of amides is 3. The molecular weight excluding hydrogens is 566 g/mol. The molecule has 11 nitrogen and oxygen atoms in total. The molecular formula is C28H37N5O6S2. The SMILES string of the molecule is CC(C)[C@H](NC(=O)CCCSSc1ccccn1)C(=O)N[C@@H](Cc1cccc(O)c1)C(=O)N1CCC[C@@H](C(=O)O)N1. The summed E-state index contributed by atoms with van der Waals surface area (Å²) >= 11 is 0. The summed E-state index contributed by atoms with van der Waals surface area (Å²) in [4.78, 5) is 55.4. The molecule has 1 fully saturated rings. The fourth-order valence-electron chi connectivity index (χ4n) is 4.26.